The number of carboxylic acids is 1. The van der Waals surface area contributed by atoms with Crippen LogP contribution in [0, 0.1) is 5.41 Å². The lowest BCUT2D eigenvalue weighted by atomic mass is 9.96. The van der Waals surface area contributed by atoms with Gasteiger partial charge in [0.2, 0.25) is 11.9 Å². The van der Waals surface area contributed by atoms with Gasteiger partial charge in [0.15, 0.2) is 0 Å². The molecule has 35 heavy (non-hydrogen) atoms. The van der Waals surface area contributed by atoms with Gasteiger partial charge in [0.05, 0.1) is 13.2 Å². The molecule has 1 aliphatic rings. The Morgan fingerprint density at radius 2 is 2.00 bits per heavy atom. The Hall–Kier alpha value is -3.57. The van der Waals surface area contributed by atoms with Gasteiger partial charge in [0.1, 0.15) is 5.00 Å². The van der Waals surface area contributed by atoms with Crippen molar-refractivity contribution in [3.63, 3.8) is 0 Å². The highest BCUT2D eigenvalue weighted by Gasteiger charge is 2.31. The summed E-state index contributed by atoms with van der Waals surface area (Å²) >= 11 is 12.5. The number of halogens is 2. The van der Waals surface area contributed by atoms with E-state index in [1.54, 1.807) is 25.1 Å². The Labute approximate surface area is 211 Å². The van der Waals surface area contributed by atoms with Gasteiger partial charge in [-0.3, -0.25) is 25.1 Å². The zero-order chi connectivity index (χ0) is 26.0. The topological polar surface area (TPSA) is 170 Å². The predicted molar refractivity (Wildman–Crippen MR) is 131 cm³/mol. The number of carbonyl (C=O) groups is 4. The van der Waals surface area contributed by atoms with Gasteiger partial charge in [-0.15, -0.1) is 0 Å². The molecule has 1 atom stereocenters. The first kappa shape index (κ1) is 27.7. The van der Waals surface area contributed by atoms with E-state index in [2.05, 4.69) is 26.0 Å². The number of carbonyl (C=O) groups excluding carboxylic acids is 3. The van der Waals surface area contributed by atoms with Crippen molar-refractivity contribution < 1.29 is 29.0 Å². The van der Waals surface area contributed by atoms with E-state index < -0.39 is 28.9 Å². The van der Waals surface area contributed by atoms with Crippen molar-refractivity contribution in [2.45, 2.75) is 31.2 Å². The minimum atomic E-state index is -1.35. The molecule has 1 aromatic rings. The minimum Gasteiger partial charge on any atom is -0.481 e. The highest BCUT2D eigenvalue weighted by Crippen LogP contribution is 2.33. The maximum atomic E-state index is 12.5. The number of benzene rings is 1. The first-order chi connectivity index (χ1) is 16.5. The Kier molecular flexibility index (Phi) is 10.1. The summed E-state index contributed by atoms with van der Waals surface area (Å²) in [5.74, 6) is -2.45. The van der Waals surface area contributed by atoms with Gasteiger partial charge in [-0.1, -0.05) is 34.8 Å². The summed E-state index contributed by atoms with van der Waals surface area (Å²) in [6.07, 6.45) is 2.56. The molecule has 1 aromatic carbocycles. The molecule has 2 rings (SSSR count). The van der Waals surface area contributed by atoms with Gasteiger partial charge in [-0.25, -0.2) is 4.79 Å². The van der Waals surface area contributed by atoms with E-state index in [0.717, 1.165) is 0 Å². The standard InChI is InChI=1S/C22H25Cl2N5O6/c1-2-35-21(34)28-20(25)27-16-5-3-4-14(9-16)19(33)26-12-17(30)29-22(24)10-13(6-7-18(31)32)8-15(23)11-22/h3-5,8-9,11H,2,6-7,10,12H2,1H3,(H,26,33)(H,29,30)(H,31,32)(H3,25,27,28,34). The van der Waals surface area contributed by atoms with Crippen molar-refractivity contribution in [1.29, 1.82) is 5.41 Å². The van der Waals surface area contributed by atoms with Gasteiger partial charge < -0.3 is 25.8 Å². The number of anilines is 1. The minimum absolute atomic E-state index is 0.0980. The number of hydrogen-bond acceptors (Lipinski definition) is 6. The van der Waals surface area contributed by atoms with E-state index in [9.17, 15) is 19.2 Å². The van der Waals surface area contributed by atoms with Gasteiger partial charge >= 0.3 is 12.1 Å². The SMILES string of the molecule is CCOC(=O)NC(=N)Nc1cccc(C(=O)NCC(=O)NC2(Cl)C=C(Cl)C=C(CCC(=O)O)C2)c1. The molecule has 0 fully saturated rings. The van der Waals surface area contributed by atoms with Crippen molar-refractivity contribution >= 4 is 58.7 Å². The van der Waals surface area contributed by atoms with E-state index in [4.69, 9.17) is 33.7 Å². The van der Waals surface area contributed by atoms with E-state index in [0.29, 0.717) is 11.3 Å². The normalized spacial score (nSPS) is 16.8. The van der Waals surface area contributed by atoms with Crippen LogP contribution in [0.25, 0.3) is 0 Å². The number of hydrogen-bond donors (Lipinski definition) is 6. The number of carboxylic acid groups (broad SMARTS) is 1. The molecule has 1 unspecified atom stereocenters. The fourth-order valence-electron chi connectivity index (χ4n) is 3.12. The van der Waals surface area contributed by atoms with Crippen LogP contribution in [0.15, 0.2) is 47.0 Å². The lowest BCUT2D eigenvalue weighted by Gasteiger charge is -2.29. The van der Waals surface area contributed by atoms with Crippen LogP contribution in [0.4, 0.5) is 10.5 Å². The number of aliphatic carboxylic acids is 1. The molecule has 11 nitrogen and oxygen atoms in total. The zero-order valence-electron chi connectivity index (χ0n) is 18.7. The highest BCUT2D eigenvalue weighted by molar-refractivity contribution is 6.33. The molecule has 0 spiro atoms. The van der Waals surface area contributed by atoms with Gasteiger partial charge in [0, 0.05) is 29.1 Å². The Bertz CT molecular complexity index is 1070. The maximum Gasteiger partial charge on any atom is 0.413 e. The second-order valence-electron chi connectivity index (χ2n) is 7.42. The number of ether oxygens (including phenoxy) is 1. The lowest BCUT2D eigenvalue weighted by molar-refractivity contribution is -0.137. The van der Waals surface area contributed by atoms with E-state index in [-0.39, 0.29) is 49.0 Å². The molecular formula is C22H25Cl2N5O6. The lowest BCUT2D eigenvalue weighted by Crippen LogP contribution is -2.47. The predicted octanol–water partition coefficient (Wildman–Crippen LogP) is 2.88. The maximum absolute atomic E-state index is 12.5. The van der Waals surface area contributed by atoms with Gasteiger partial charge in [0.25, 0.3) is 5.91 Å². The van der Waals surface area contributed by atoms with Crippen molar-refractivity contribution in [2.75, 3.05) is 18.5 Å². The summed E-state index contributed by atoms with van der Waals surface area (Å²) in [6.45, 7) is 1.40. The molecule has 3 amide bonds. The van der Waals surface area contributed by atoms with Gasteiger partial charge in [-0.2, -0.15) is 0 Å². The number of alkyl halides is 1. The molecule has 188 valence electrons. The summed E-state index contributed by atoms with van der Waals surface area (Å²) in [5.41, 5.74) is 1.23. The second kappa shape index (κ2) is 12.8. The molecule has 0 aromatic heterocycles. The number of amides is 3. The summed E-state index contributed by atoms with van der Waals surface area (Å²) in [5, 5.41) is 26.7. The average Bonchev–Trinajstić information content (AvgIpc) is 2.75. The summed E-state index contributed by atoms with van der Waals surface area (Å²) in [4.78, 5) is 45.7. The molecule has 0 saturated heterocycles. The number of nitrogens with one attached hydrogen (secondary N) is 5. The van der Waals surface area contributed by atoms with Gasteiger partial charge in [-0.05, 0) is 43.7 Å². The number of guanidine groups is 1. The molecule has 13 heteroatoms. The monoisotopic (exact) mass is 525 g/mol. The zero-order valence-corrected chi connectivity index (χ0v) is 20.3. The van der Waals surface area contributed by atoms with Crippen LogP contribution in [0.3, 0.4) is 0 Å². The Balaban J connectivity index is 1.90. The number of rotatable bonds is 9. The first-order valence-corrected chi connectivity index (χ1v) is 11.2. The van der Waals surface area contributed by atoms with E-state index in [1.165, 1.54) is 18.2 Å². The summed E-state index contributed by atoms with van der Waals surface area (Å²) in [6, 6.07) is 6.08. The van der Waals surface area contributed by atoms with Crippen LogP contribution >= 0.6 is 23.2 Å². The highest BCUT2D eigenvalue weighted by atomic mass is 35.5. The molecule has 0 radical (unpaired) electrons. The summed E-state index contributed by atoms with van der Waals surface area (Å²) in [7, 11) is 0. The molecule has 6 N–H and O–H groups in total. The first-order valence-electron chi connectivity index (χ1n) is 10.5. The molecular weight excluding hydrogens is 501 g/mol. The number of allylic oxidation sites excluding steroid dienone is 2. The van der Waals surface area contributed by atoms with Crippen molar-refractivity contribution in [3.8, 4) is 0 Å². The average molecular weight is 526 g/mol. The van der Waals surface area contributed by atoms with E-state index in [1.807, 2.05) is 0 Å². The van der Waals surface area contributed by atoms with Crippen LogP contribution in [0.1, 0.15) is 36.5 Å². The van der Waals surface area contributed by atoms with Crippen LogP contribution in [-0.2, 0) is 14.3 Å². The molecule has 0 aliphatic heterocycles. The largest absolute Gasteiger partial charge is 0.481 e. The Morgan fingerprint density at radius 3 is 2.69 bits per heavy atom. The van der Waals surface area contributed by atoms with Crippen LogP contribution in [-0.4, -0.2) is 53.1 Å². The van der Waals surface area contributed by atoms with Crippen molar-refractivity contribution in [2.24, 2.45) is 0 Å². The quantitative estimate of drug-likeness (QED) is 0.124. The van der Waals surface area contributed by atoms with Crippen molar-refractivity contribution in [1.82, 2.24) is 16.0 Å². The van der Waals surface area contributed by atoms with Crippen LogP contribution in [0.5, 0.6) is 0 Å². The number of alkyl carbamates (subject to hydrolysis) is 1. The van der Waals surface area contributed by atoms with E-state index >= 15 is 0 Å². The third kappa shape index (κ3) is 9.67. The van der Waals surface area contributed by atoms with Crippen molar-refractivity contribution in [3.05, 3.63) is 52.6 Å². The third-order valence-electron chi connectivity index (χ3n) is 4.51. The molecule has 1 aliphatic carbocycles. The fraction of sp³-hybridized carbons (Fsp3) is 0.318. The fourth-order valence-corrected chi connectivity index (χ4v) is 3.91. The third-order valence-corrected chi connectivity index (χ3v) is 5.06. The Morgan fingerprint density at radius 1 is 1.26 bits per heavy atom. The smallest absolute Gasteiger partial charge is 0.413 e. The van der Waals surface area contributed by atoms with Crippen LogP contribution in [0.2, 0.25) is 0 Å². The molecule has 0 heterocycles. The van der Waals surface area contributed by atoms with Crippen LogP contribution < -0.4 is 21.3 Å². The molecule has 0 saturated carbocycles. The summed E-state index contributed by atoms with van der Waals surface area (Å²) < 4.78 is 4.68. The molecule has 0 bridgehead atoms. The second-order valence-corrected chi connectivity index (χ2v) is 8.53.